The molecule has 0 spiro atoms. The summed E-state index contributed by atoms with van der Waals surface area (Å²) in [5, 5.41) is 0. The zero-order chi connectivity index (χ0) is 24.9. The molecule has 0 aromatic carbocycles. The van der Waals surface area contributed by atoms with Gasteiger partial charge >= 0.3 is 0 Å². The number of hydrogen-bond donors (Lipinski definition) is 0. The van der Waals surface area contributed by atoms with Crippen LogP contribution in [0.15, 0.2) is 0 Å². The molecule has 3 heteroatoms. The van der Waals surface area contributed by atoms with Crippen molar-refractivity contribution in [2.24, 2.45) is 29.6 Å². The summed E-state index contributed by atoms with van der Waals surface area (Å²) in [4.78, 5) is 0.645. The van der Waals surface area contributed by atoms with Gasteiger partial charge in [0.1, 0.15) is 6.79 Å². The van der Waals surface area contributed by atoms with Crippen molar-refractivity contribution in [2.45, 2.75) is 143 Å². The van der Waals surface area contributed by atoms with Crippen molar-refractivity contribution >= 4 is 15.9 Å². The fourth-order valence-corrected chi connectivity index (χ4v) is 6.31. The Morgan fingerprint density at radius 3 is 1.45 bits per heavy atom. The molecule has 0 aliphatic carbocycles. The molecule has 0 aliphatic heterocycles. The quantitative estimate of drug-likeness (QED) is 0.0698. The maximum Gasteiger partial charge on any atom is 0.146 e. The third kappa shape index (κ3) is 23.9. The van der Waals surface area contributed by atoms with Gasteiger partial charge in [-0.25, -0.2) is 0 Å². The standard InChI is InChI=1S/C30H61BrO2/c1-8-9-10-11-12-13-14-17-32-24-33-18-15-16-25(2)19-26(3)20-27(4)21-28(5)22-29(6)23-30(7)31/h25-30H,8-24H2,1-7H3. The number of alkyl halides is 1. The van der Waals surface area contributed by atoms with Gasteiger partial charge in [-0.15, -0.1) is 0 Å². The highest BCUT2D eigenvalue weighted by atomic mass is 79.9. The minimum atomic E-state index is 0.476. The molecule has 0 aliphatic rings. The molecule has 0 aromatic heterocycles. The van der Waals surface area contributed by atoms with E-state index in [0.29, 0.717) is 11.6 Å². The van der Waals surface area contributed by atoms with Gasteiger partial charge in [0.25, 0.3) is 0 Å². The topological polar surface area (TPSA) is 18.5 Å². The Labute approximate surface area is 217 Å². The second-order valence-electron chi connectivity index (χ2n) is 11.7. The third-order valence-electron chi connectivity index (χ3n) is 6.99. The zero-order valence-electron chi connectivity index (χ0n) is 23.7. The Morgan fingerprint density at radius 2 is 0.939 bits per heavy atom. The summed E-state index contributed by atoms with van der Waals surface area (Å²) >= 11 is 3.71. The first-order valence-corrected chi connectivity index (χ1v) is 15.5. The van der Waals surface area contributed by atoms with E-state index in [-0.39, 0.29) is 0 Å². The van der Waals surface area contributed by atoms with E-state index in [2.05, 4.69) is 64.4 Å². The van der Waals surface area contributed by atoms with Gasteiger partial charge in [-0.05, 0) is 81.0 Å². The van der Waals surface area contributed by atoms with Crippen LogP contribution in [0, 0.1) is 29.6 Å². The molecule has 6 unspecified atom stereocenters. The lowest BCUT2D eigenvalue weighted by atomic mass is 9.82. The first-order chi connectivity index (χ1) is 15.7. The summed E-state index contributed by atoms with van der Waals surface area (Å²) in [6.07, 6.45) is 18.5. The highest BCUT2D eigenvalue weighted by Gasteiger charge is 2.17. The van der Waals surface area contributed by atoms with Crippen molar-refractivity contribution in [3.63, 3.8) is 0 Å². The Hall–Kier alpha value is 0.400. The average Bonchev–Trinajstić information content (AvgIpc) is 2.70. The Balaban J connectivity index is 3.62. The van der Waals surface area contributed by atoms with Crippen molar-refractivity contribution in [2.75, 3.05) is 20.0 Å². The molecule has 0 bridgehead atoms. The summed E-state index contributed by atoms with van der Waals surface area (Å²) < 4.78 is 11.3. The molecule has 6 atom stereocenters. The zero-order valence-corrected chi connectivity index (χ0v) is 25.3. The molecule has 0 aromatic rings. The van der Waals surface area contributed by atoms with E-state index in [1.54, 1.807) is 0 Å². The molecule has 0 saturated carbocycles. The molecule has 0 N–H and O–H groups in total. The van der Waals surface area contributed by atoms with E-state index < -0.39 is 0 Å². The summed E-state index contributed by atoms with van der Waals surface area (Å²) in [6.45, 7) is 18.9. The van der Waals surface area contributed by atoms with Crippen LogP contribution < -0.4 is 0 Å². The molecule has 0 heterocycles. The molecular weight excluding hydrogens is 472 g/mol. The van der Waals surface area contributed by atoms with E-state index >= 15 is 0 Å². The number of unbranched alkanes of at least 4 members (excludes halogenated alkanes) is 6. The molecule has 0 amide bonds. The van der Waals surface area contributed by atoms with Crippen LogP contribution in [0.5, 0.6) is 0 Å². The Bertz CT molecular complexity index is 401. The molecule has 0 saturated heterocycles. The predicted molar refractivity (Wildman–Crippen MR) is 151 cm³/mol. The second kappa shape index (κ2) is 22.8. The monoisotopic (exact) mass is 532 g/mol. The van der Waals surface area contributed by atoms with Crippen LogP contribution in [0.4, 0.5) is 0 Å². The summed E-state index contributed by atoms with van der Waals surface area (Å²) in [5.74, 6) is 4.13. The molecular formula is C30H61BrO2. The lowest BCUT2D eigenvalue weighted by molar-refractivity contribution is -0.0561. The van der Waals surface area contributed by atoms with Crippen LogP contribution in [-0.2, 0) is 9.47 Å². The van der Waals surface area contributed by atoms with Gasteiger partial charge in [-0.1, -0.05) is 103 Å². The van der Waals surface area contributed by atoms with Gasteiger partial charge < -0.3 is 9.47 Å². The van der Waals surface area contributed by atoms with Crippen LogP contribution in [-0.4, -0.2) is 24.8 Å². The molecule has 0 radical (unpaired) electrons. The number of ether oxygens (including phenoxy) is 2. The molecule has 33 heavy (non-hydrogen) atoms. The largest absolute Gasteiger partial charge is 0.355 e. The molecule has 2 nitrogen and oxygen atoms in total. The number of rotatable bonds is 24. The van der Waals surface area contributed by atoms with E-state index in [1.165, 1.54) is 83.5 Å². The van der Waals surface area contributed by atoms with Gasteiger partial charge in [0, 0.05) is 18.0 Å². The van der Waals surface area contributed by atoms with Crippen molar-refractivity contribution in [3.05, 3.63) is 0 Å². The van der Waals surface area contributed by atoms with Crippen molar-refractivity contribution in [1.29, 1.82) is 0 Å². The van der Waals surface area contributed by atoms with Crippen molar-refractivity contribution in [3.8, 4) is 0 Å². The maximum absolute atomic E-state index is 5.69. The smallest absolute Gasteiger partial charge is 0.146 e. The fourth-order valence-electron chi connectivity index (χ4n) is 5.68. The van der Waals surface area contributed by atoms with Crippen LogP contribution in [0.3, 0.4) is 0 Å². The number of hydrogen-bond acceptors (Lipinski definition) is 2. The first kappa shape index (κ1) is 33.4. The molecule has 0 fully saturated rings. The van der Waals surface area contributed by atoms with E-state index in [9.17, 15) is 0 Å². The lowest BCUT2D eigenvalue weighted by Crippen LogP contribution is -2.13. The minimum Gasteiger partial charge on any atom is -0.355 e. The Kier molecular flexibility index (Phi) is 23.1. The van der Waals surface area contributed by atoms with Crippen LogP contribution in [0.25, 0.3) is 0 Å². The maximum atomic E-state index is 5.69. The highest BCUT2D eigenvalue weighted by molar-refractivity contribution is 9.09. The average molecular weight is 534 g/mol. The number of halogens is 1. The Morgan fingerprint density at radius 1 is 0.515 bits per heavy atom. The van der Waals surface area contributed by atoms with Crippen LogP contribution >= 0.6 is 15.9 Å². The van der Waals surface area contributed by atoms with Gasteiger partial charge in [0.15, 0.2) is 0 Å². The summed E-state index contributed by atoms with van der Waals surface area (Å²) in [6, 6.07) is 0. The van der Waals surface area contributed by atoms with Gasteiger partial charge in [-0.3, -0.25) is 0 Å². The van der Waals surface area contributed by atoms with E-state index in [1.807, 2.05) is 0 Å². The SMILES string of the molecule is CCCCCCCCCOCOCCCC(C)CC(C)CC(C)CC(C)CC(C)CC(C)Br. The van der Waals surface area contributed by atoms with Crippen molar-refractivity contribution in [1.82, 2.24) is 0 Å². The third-order valence-corrected chi connectivity index (χ3v) is 7.36. The van der Waals surface area contributed by atoms with Crippen molar-refractivity contribution < 1.29 is 9.47 Å². The first-order valence-electron chi connectivity index (χ1n) is 14.5. The van der Waals surface area contributed by atoms with Gasteiger partial charge in [-0.2, -0.15) is 0 Å². The van der Waals surface area contributed by atoms with Gasteiger partial charge in [0.05, 0.1) is 0 Å². The predicted octanol–water partition coefficient (Wildman–Crippen LogP) is 10.4. The van der Waals surface area contributed by atoms with Crippen LogP contribution in [0.2, 0.25) is 0 Å². The highest BCUT2D eigenvalue weighted by Crippen LogP contribution is 2.29. The lowest BCUT2D eigenvalue weighted by Gasteiger charge is -2.24. The van der Waals surface area contributed by atoms with E-state index in [4.69, 9.17) is 9.47 Å². The normalized spacial score (nSPS) is 17.5. The van der Waals surface area contributed by atoms with Gasteiger partial charge in [0.2, 0.25) is 0 Å². The second-order valence-corrected chi connectivity index (χ2v) is 13.2. The summed E-state index contributed by atoms with van der Waals surface area (Å²) in [5.41, 5.74) is 0. The van der Waals surface area contributed by atoms with E-state index in [0.717, 1.165) is 49.2 Å². The van der Waals surface area contributed by atoms with Crippen LogP contribution in [0.1, 0.15) is 138 Å². The minimum absolute atomic E-state index is 0.476. The molecule has 200 valence electrons. The molecule has 0 rings (SSSR count). The fraction of sp³-hybridized carbons (Fsp3) is 1.00. The summed E-state index contributed by atoms with van der Waals surface area (Å²) in [7, 11) is 0.